The van der Waals surface area contributed by atoms with Gasteiger partial charge in [0.2, 0.25) is 0 Å². The van der Waals surface area contributed by atoms with Crippen molar-refractivity contribution in [3.05, 3.63) is 132 Å². The van der Waals surface area contributed by atoms with E-state index in [0.717, 1.165) is 12.2 Å². The van der Waals surface area contributed by atoms with Crippen molar-refractivity contribution < 1.29 is 19.8 Å². The van der Waals surface area contributed by atoms with Crippen molar-refractivity contribution in [3.8, 4) is 0 Å². The molecule has 0 fully saturated rings. The van der Waals surface area contributed by atoms with Crippen LogP contribution in [0.4, 0.5) is 34.1 Å². The van der Waals surface area contributed by atoms with Crippen LogP contribution in [0.1, 0.15) is 0 Å². The van der Waals surface area contributed by atoms with Crippen molar-refractivity contribution in [1.82, 2.24) is 25.8 Å². The summed E-state index contributed by atoms with van der Waals surface area (Å²) in [5.74, 6) is -1.06. The Morgan fingerprint density at radius 2 is 1.08 bits per heavy atom. The van der Waals surface area contributed by atoms with E-state index < -0.39 is 0 Å². The number of allylic oxidation sites excluding steroid dienone is 6. The molecule has 3 aromatic carbocycles. The van der Waals surface area contributed by atoms with Crippen LogP contribution in [0.3, 0.4) is 0 Å². The lowest BCUT2D eigenvalue weighted by Gasteiger charge is -2.17. The van der Waals surface area contributed by atoms with Crippen molar-refractivity contribution in [2.24, 2.45) is 20.5 Å². The van der Waals surface area contributed by atoms with Gasteiger partial charge in [0.05, 0.1) is 11.4 Å². The summed E-state index contributed by atoms with van der Waals surface area (Å²) in [6.07, 6.45) is 10.7. The molecule has 0 saturated carbocycles. The number of aliphatic hydroxyl groups is 2. The van der Waals surface area contributed by atoms with Gasteiger partial charge in [0, 0.05) is 35.7 Å². The first-order chi connectivity index (χ1) is 23.4. The summed E-state index contributed by atoms with van der Waals surface area (Å²) in [5, 5.41) is 48.9. The Morgan fingerprint density at radius 1 is 0.625 bits per heavy atom. The van der Waals surface area contributed by atoms with Crippen molar-refractivity contribution in [1.29, 1.82) is 0 Å². The number of benzene rings is 3. The largest absolute Gasteiger partial charge is 0.507 e. The van der Waals surface area contributed by atoms with Gasteiger partial charge in [-0.1, -0.05) is 41.3 Å². The monoisotopic (exact) mass is 640 g/mol. The summed E-state index contributed by atoms with van der Waals surface area (Å²) in [6, 6.07) is 18.3. The molecule has 16 heteroatoms. The quantitative estimate of drug-likeness (QED) is 0.119. The summed E-state index contributed by atoms with van der Waals surface area (Å²) < 4.78 is 0. The molecule has 48 heavy (non-hydrogen) atoms. The molecule has 0 atom stereocenters. The third-order valence-corrected chi connectivity index (χ3v) is 6.96. The lowest BCUT2D eigenvalue weighted by atomic mass is 10.1. The van der Waals surface area contributed by atoms with Crippen LogP contribution in [0, 0.1) is 0 Å². The number of azo groups is 2. The molecular formula is C32H24N12O4. The van der Waals surface area contributed by atoms with Crippen LogP contribution in [0.5, 0.6) is 0 Å². The van der Waals surface area contributed by atoms with Crippen LogP contribution in [-0.4, -0.2) is 42.1 Å². The van der Waals surface area contributed by atoms with E-state index in [1.54, 1.807) is 24.3 Å². The van der Waals surface area contributed by atoms with Gasteiger partial charge in [0.25, 0.3) is 0 Å². The fourth-order valence-electron chi connectivity index (χ4n) is 4.64. The number of ketones is 2. The lowest BCUT2D eigenvalue weighted by Crippen LogP contribution is -2.39. The highest BCUT2D eigenvalue weighted by atomic mass is 16.3. The van der Waals surface area contributed by atoms with E-state index >= 15 is 0 Å². The number of carbonyl (C=O) groups excluding carboxylic acids is 2. The minimum Gasteiger partial charge on any atom is -0.507 e. The van der Waals surface area contributed by atoms with Gasteiger partial charge in [-0.3, -0.25) is 31.3 Å². The molecule has 0 saturated heterocycles. The second kappa shape index (κ2) is 12.7. The molecule has 6 N–H and O–H groups in total. The van der Waals surface area contributed by atoms with Gasteiger partial charge in [0.15, 0.2) is 11.6 Å². The molecule has 0 spiro atoms. The Bertz CT molecular complexity index is 2100. The Balaban J connectivity index is 1.33. The average molecular weight is 641 g/mol. The zero-order valence-electron chi connectivity index (χ0n) is 24.7. The number of anilines is 2. The number of nitrogens with zero attached hydrogens (tertiary/aromatic N) is 8. The van der Waals surface area contributed by atoms with Crippen molar-refractivity contribution in [2.45, 2.75) is 0 Å². The molecule has 236 valence electrons. The number of aromatic nitrogens is 3. The van der Waals surface area contributed by atoms with E-state index in [1.165, 1.54) is 46.8 Å². The number of hydrazine groups is 3. The second-order valence-corrected chi connectivity index (χ2v) is 10.3. The molecule has 0 bridgehead atoms. The summed E-state index contributed by atoms with van der Waals surface area (Å²) in [4.78, 5) is 24.4. The first-order valence-corrected chi connectivity index (χ1v) is 14.3. The number of hydrogen-bond donors (Lipinski definition) is 6. The molecule has 2 aliphatic carbocycles. The minimum atomic E-state index is -0.331. The Kier molecular flexibility index (Phi) is 7.78. The predicted molar refractivity (Wildman–Crippen MR) is 176 cm³/mol. The van der Waals surface area contributed by atoms with Gasteiger partial charge >= 0.3 is 0 Å². The number of fused-ring (bicyclic) bond motifs is 2. The molecule has 1 aliphatic heterocycles. The predicted octanol–water partition coefficient (Wildman–Crippen LogP) is 6.21. The second-order valence-electron chi connectivity index (χ2n) is 10.3. The fourth-order valence-corrected chi connectivity index (χ4v) is 4.64. The topological polar surface area (TPSA) is 206 Å². The van der Waals surface area contributed by atoms with E-state index in [0.29, 0.717) is 56.3 Å². The van der Waals surface area contributed by atoms with Gasteiger partial charge in [-0.05, 0) is 53.8 Å². The molecule has 1 aromatic heterocycles. The SMILES string of the molecule is O=C1C=C/C(=C\NN2Nc3c(c(N=Nc4ccccc4)c4nn(N/C=C5\C=CC(=O)C=C5O)nc4c3N=Nc3ccccc3)N2)C(O)=C1. The Hall–Kier alpha value is -7.20. The van der Waals surface area contributed by atoms with E-state index in [-0.39, 0.29) is 23.1 Å². The molecule has 2 heterocycles. The van der Waals surface area contributed by atoms with Crippen LogP contribution in [0.2, 0.25) is 0 Å². The molecule has 4 aromatic rings. The van der Waals surface area contributed by atoms with Crippen molar-refractivity contribution >= 4 is 56.7 Å². The minimum absolute atomic E-state index is 0.195. The maximum atomic E-state index is 11.6. The highest BCUT2D eigenvalue weighted by Gasteiger charge is 2.31. The molecule has 0 amide bonds. The first kappa shape index (κ1) is 29.5. The molecular weight excluding hydrogens is 616 g/mol. The Labute approximate surface area is 271 Å². The molecule has 7 rings (SSSR count). The van der Waals surface area contributed by atoms with E-state index in [2.05, 4.69) is 52.4 Å². The summed E-state index contributed by atoms with van der Waals surface area (Å²) in [5.41, 5.74) is 16.1. The highest BCUT2D eigenvalue weighted by Crippen LogP contribution is 2.50. The molecule has 3 aliphatic rings. The third-order valence-electron chi connectivity index (χ3n) is 6.96. The van der Waals surface area contributed by atoms with Gasteiger partial charge < -0.3 is 10.2 Å². The first-order valence-electron chi connectivity index (χ1n) is 14.3. The normalized spacial score (nSPS) is 17.7. The van der Waals surface area contributed by atoms with E-state index in [4.69, 9.17) is 0 Å². The van der Waals surface area contributed by atoms with E-state index in [9.17, 15) is 19.8 Å². The Morgan fingerprint density at radius 3 is 1.54 bits per heavy atom. The standard InChI is InChI=1S/C32H24N12O4/c45-23-13-11-19(25(47)15-23)17-33-43-39-29-27(37-35-21-7-3-1-4-8-21)30-32(28(31(29)41-43)38-36-22-9-5-2-6-10-22)42-44(40-30)34-18-20-12-14-24(46)16-26(20)48/h1-18,33-34,39,41,47-48H/b19-17+,20-18+,37-35?,38-36?. The molecule has 16 nitrogen and oxygen atoms in total. The van der Waals surface area contributed by atoms with Gasteiger partial charge in [0.1, 0.15) is 45.3 Å². The van der Waals surface area contributed by atoms with Gasteiger partial charge in [-0.2, -0.15) is 10.2 Å². The molecule has 0 radical (unpaired) electrons. The summed E-state index contributed by atoms with van der Waals surface area (Å²) in [7, 11) is 0. The molecule has 0 unspecified atom stereocenters. The van der Waals surface area contributed by atoms with Crippen LogP contribution in [0.15, 0.2) is 153 Å². The van der Waals surface area contributed by atoms with Crippen LogP contribution >= 0.6 is 0 Å². The zero-order chi connectivity index (χ0) is 33.0. The number of carbonyl (C=O) groups is 2. The summed E-state index contributed by atoms with van der Waals surface area (Å²) in [6.45, 7) is 0. The number of hydrogen-bond acceptors (Lipinski definition) is 15. The zero-order valence-corrected chi connectivity index (χ0v) is 24.7. The number of aliphatic hydroxyl groups excluding tert-OH is 2. The van der Waals surface area contributed by atoms with Crippen molar-refractivity contribution in [3.63, 3.8) is 0 Å². The lowest BCUT2D eigenvalue weighted by molar-refractivity contribution is -0.111. The van der Waals surface area contributed by atoms with Gasteiger partial charge in [-0.25, -0.2) is 0 Å². The highest BCUT2D eigenvalue weighted by molar-refractivity contribution is 6.09. The van der Waals surface area contributed by atoms with Crippen LogP contribution in [0.25, 0.3) is 11.0 Å². The maximum absolute atomic E-state index is 11.6. The smallest absolute Gasteiger partial charge is 0.182 e. The third kappa shape index (κ3) is 6.17. The summed E-state index contributed by atoms with van der Waals surface area (Å²) >= 11 is 0. The van der Waals surface area contributed by atoms with E-state index in [1.807, 2.05) is 36.4 Å². The fraction of sp³-hybridized carbons (Fsp3) is 0. The average Bonchev–Trinajstić information content (AvgIpc) is 3.71. The van der Waals surface area contributed by atoms with Crippen molar-refractivity contribution in [2.75, 3.05) is 16.3 Å². The number of nitrogens with one attached hydrogen (secondary N) is 4. The van der Waals surface area contributed by atoms with Gasteiger partial charge in [-0.15, -0.1) is 20.4 Å². The van der Waals surface area contributed by atoms with Crippen LogP contribution in [-0.2, 0) is 9.59 Å². The maximum Gasteiger partial charge on any atom is 0.182 e. The van der Waals surface area contributed by atoms with Crippen LogP contribution < -0.4 is 21.7 Å². The number of rotatable bonds is 8.